The van der Waals surface area contributed by atoms with Crippen molar-refractivity contribution in [3.05, 3.63) is 34.9 Å². The summed E-state index contributed by atoms with van der Waals surface area (Å²) >= 11 is 2.97. The molecule has 21 heavy (non-hydrogen) atoms. The number of benzene rings is 1. The fourth-order valence-corrected chi connectivity index (χ4v) is 3.99. The van der Waals surface area contributed by atoms with E-state index in [-0.39, 0.29) is 11.9 Å². The van der Waals surface area contributed by atoms with Gasteiger partial charge in [-0.1, -0.05) is 25.6 Å². The molecule has 1 aromatic carbocycles. The van der Waals surface area contributed by atoms with Crippen molar-refractivity contribution in [3.63, 3.8) is 0 Å². The maximum Gasteiger partial charge on any atom is 0.174 e. The van der Waals surface area contributed by atoms with Gasteiger partial charge in [-0.05, 0) is 55.2 Å². The average molecular weight is 325 g/mol. The smallest absolute Gasteiger partial charge is 0.174 e. The lowest BCUT2D eigenvalue weighted by molar-refractivity contribution is 0.571. The van der Waals surface area contributed by atoms with Crippen LogP contribution in [-0.2, 0) is 6.42 Å². The molecule has 114 valence electrons. The third-order valence-corrected chi connectivity index (χ3v) is 5.09. The Morgan fingerprint density at radius 3 is 2.76 bits per heavy atom. The van der Waals surface area contributed by atoms with Crippen LogP contribution >= 0.6 is 23.3 Å². The van der Waals surface area contributed by atoms with Gasteiger partial charge in [0.15, 0.2) is 4.34 Å². The molecule has 1 aromatic heterocycles. The van der Waals surface area contributed by atoms with Crippen molar-refractivity contribution in [3.8, 4) is 0 Å². The van der Waals surface area contributed by atoms with Crippen LogP contribution in [0.4, 0.5) is 4.39 Å². The van der Waals surface area contributed by atoms with Crippen LogP contribution in [0.2, 0.25) is 0 Å². The Morgan fingerprint density at radius 1 is 1.38 bits per heavy atom. The summed E-state index contributed by atoms with van der Waals surface area (Å²) in [4.78, 5) is 5.52. The molecule has 0 saturated carbocycles. The van der Waals surface area contributed by atoms with Crippen LogP contribution in [0.1, 0.15) is 43.8 Å². The number of aryl methyl sites for hydroxylation is 2. The van der Waals surface area contributed by atoms with E-state index in [1.807, 2.05) is 19.9 Å². The highest BCUT2D eigenvalue weighted by atomic mass is 32.2. The van der Waals surface area contributed by atoms with Gasteiger partial charge in [0.1, 0.15) is 11.6 Å². The molecule has 1 atom stereocenters. The molecule has 1 N–H and O–H groups in total. The molecular formula is C15H20FN3S2. The first kappa shape index (κ1) is 16.4. The lowest BCUT2D eigenvalue weighted by Gasteiger charge is -2.17. The minimum absolute atomic E-state index is 0.103. The third kappa shape index (κ3) is 4.02. The maximum atomic E-state index is 13.9. The van der Waals surface area contributed by atoms with Crippen molar-refractivity contribution >= 4 is 23.3 Å². The summed E-state index contributed by atoms with van der Waals surface area (Å²) in [5, 5.41) is 3.34. The van der Waals surface area contributed by atoms with Gasteiger partial charge in [0, 0.05) is 17.4 Å². The Bertz CT molecular complexity index is 613. The van der Waals surface area contributed by atoms with Gasteiger partial charge in [-0.15, -0.1) is 0 Å². The zero-order valence-electron chi connectivity index (χ0n) is 12.7. The van der Waals surface area contributed by atoms with Gasteiger partial charge in [-0.25, -0.2) is 9.37 Å². The van der Waals surface area contributed by atoms with E-state index in [0.29, 0.717) is 5.56 Å². The van der Waals surface area contributed by atoms with E-state index in [1.165, 1.54) is 11.5 Å². The van der Waals surface area contributed by atoms with Gasteiger partial charge in [0.05, 0.1) is 0 Å². The molecule has 0 aliphatic carbocycles. The highest BCUT2D eigenvalue weighted by Crippen LogP contribution is 2.35. The second-order valence-electron chi connectivity index (χ2n) is 4.85. The van der Waals surface area contributed by atoms with Crippen LogP contribution in [0.25, 0.3) is 0 Å². The maximum absolute atomic E-state index is 13.9. The molecule has 3 nitrogen and oxygen atoms in total. The van der Waals surface area contributed by atoms with Crippen LogP contribution < -0.4 is 5.32 Å². The van der Waals surface area contributed by atoms with E-state index in [2.05, 4.69) is 21.6 Å². The van der Waals surface area contributed by atoms with Crippen LogP contribution in [0.15, 0.2) is 21.4 Å². The molecule has 1 unspecified atom stereocenters. The monoisotopic (exact) mass is 325 g/mol. The Balaban J connectivity index is 2.33. The van der Waals surface area contributed by atoms with Crippen molar-refractivity contribution in [1.82, 2.24) is 14.7 Å². The quantitative estimate of drug-likeness (QED) is 0.856. The van der Waals surface area contributed by atoms with E-state index in [1.54, 1.807) is 24.8 Å². The standard InChI is InChI=1S/C15H20FN3S2/c1-5-14-18-15(21-19-14)20-13-7-9(3)12(16)8-11(13)10(4)17-6-2/h7-8,10,17H,5-6H2,1-4H3. The number of hydrogen-bond donors (Lipinski definition) is 1. The lowest BCUT2D eigenvalue weighted by atomic mass is 10.1. The fourth-order valence-electron chi connectivity index (χ4n) is 2.03. The molecule has 1 heterocycles. The van der Waals surface area contributed by atoms with Crippen LogP contribution in [-0.4, -0.2) is 15.9 Å². The van der Waals surface area contributed by atoms with Gasteiger partial charge >= 0.3 is 0 Å². The topological polar surface area (TPSA) is 37.8 Å². The normalized spacial score (nSPS) is 12.6. The summed E-state index contributed by atoms with van der Waals surface area (Å²) in [7, 11) is 0. The minimum atomic E-state index is -0.161. The van der Waals surface area contributed by atoms with Crippen molar-refractivity contribution in [2.75, 3.05) is 6.54 Å². The Labute approximate surface area is 133 Å². The van der Waals surface area contributed by atoms with E-state index >= 15 is 0 Å². The van der Waals surface area contributed by atoms with Crippen molar-refractivity contribution < 1.29 is 4.39 Å². The summed E-state index contributed by atoms with van der Waals surface area (Å²) in [6.45, 7) is 8.77. The molecule has 0 aliphatic heterocycles. The summed E-state index contributed by atoms with van der Waals surface area (Å²) in [6.07, 6.45) is 0.833. The lowest BCUT2D eigenvalue weighted by Crippen LogP contribution is -2.18. The summed E-state index contributed by atoms with van der Waals surface area (Å²) in [5.74, 6) is 0.702. The zero-order valence-corrected chi connectivity index (χ0v) is 14.4. The third-order valence-electron chi connectivity index (χ3n) is 3.23. The van der Waals surface area contributed by atoms with Gasteiger partial charge in [0.25, 0.3) is 0 Å². The number of nitrogens with zero attached hydrogens (tertiary/aromatic N) is 2. The highest BCUT2D eigenvalue weighted by Gasteiger charge is 2.15. The van der Waals surface area contributed by atoms with Gasteiger partial charge in [0.2, 0.25) is 0 Å². The SMILES string of the molecule is CCNC(C)c1cc(F)c(C)cc1Sc1nc(CC)ns1. The first-order valence-corrected chi connectivity index (χ1v) is 8.68. The molecule has 0 aliphatic rings. The number of halogens is 1. The number of aromatic nitrogens is 2. The predicted octanol–water partition coefficient (Wildman–Crippen LogP) is 4.37. The number of nitrogens with one attached hydrogen (secondary N) is 1. The molecule has 0 radical (unpaired) electrons. The first-order valence-electron chi connectivity index (χ1n) is 7.09. The molecule has 0 saturated heterocycles. The average Bonchev–Trinajstić information content (AvgIpc) is 2.90. The van der Waals surface area contributed by atoms with E-state index in [0.717, 1.165) is 33.6 Å². The highest BCUT2D eigenvalue weighted by molar-refractivity contribution is 8.01. The Hall–Kier alpha value is -0.980. The molecule has 2 aromatic rings. The Kier molecular flexibility index (Phi) is 5.72. The van der Waals surface area contributed by atoms with E-state index < -0.39 is 0 Å². The van der Waals surface area contributed by atoms with Crippen molar-refractivity contribution in [1.29, 1.82) is 0 Å². The van der Waals surface area contributed by atoms with Crippen LogP contribution in [0.3, 0.4) is 0 Å². The molecular weight excluding hydrogens is 305 g/mol. The number of rotatable bonds is 6. The largest absolute Gasteiger partial charge is 0.310 e. The summed E-state index contributed by atoms with van der Waals surface area (Å²) < 4.78 is 19.1. The van der Waals surface area contributed by atoms with Gasteiger partial charge < -0.3 is 5.32 Å². The molecule has 0 fully saturated rings. The molecule has 0 amide bonds. The van der Waals surface area contributed by atoms with E-state index in [4.69, 9.17) is 0 Å². The van der Waals surface area contributed by atoms with Gasteiger partial charge in [-0.2, -0.15) is 4.37 Å². The van der Waals surface area contributed by atoms with Crippen molar-refractivity contribution in [2.24, 2.45) is 0 Å². The predicted molar refractivity (Wildman–Crippen MR) is 86.6 cm³/mol. The summed E-state index contributed by atoms with van der Waals surface area (Å²) in [5.41, 5.74) is 1.63. The number of hydrogen-bond acceptors (Lipinski definition) is 5. The van der Waals surface area contributed by atoms with Gasteiger partial charge in [-0.3, -0.25) is 0 Å². The van der Waals surface area contributed by atoms with Crippen LogP contribution in [0.5, 0.6) is 0 Å². The van der Waals surface area contributed by atoms with Crippen molar-refractivity contribution in [2.45, 2.75) is 49.4 Å². The molecule has 0 spiro atoms. The molecule has 0 bridgehead atoms. The second kappa shape index (κ2) is 7.33. The van der Waals surface area contributed by atoms with Crippen LogP contribution in [0, 0.1) is 12.7 Å². The minimum Gasteiger partial charge on any atom is -0.310 e. The fraction of sp³-hybridized carbons (Fsp3) is 0.467. The van der Waals surface area contributed by atoms with E-state index in [9.17, 15) is 4.39 Å². The second-order valence-corrected chi connectivity index (χ2v) is 6.89. The zero-order chi connectivity index (χ0) is 15.4. The summed E-state index contributed by atoms with van der Waals surface area (Å²) in [6, 6.07) is 3.63. The first-order chi connectivity index (χ1) is 10.0. The Morgan fingerprint density at radius 2 is 2.14 bits per heavy atom. The molecule has 2 rings (SSSR count). The molecule has 6 heteroatoms.